The first kappa shape index (κ1) is 16.7. The molecule has 1 aromatic heterocycles. The van der Waals surface area contributed by atoms with E-state index in [0.29, 0.717) is 23.1 Å². The average molecular weight is 363 g/mol. The zero-order chi connectivity index (χ0) is 19.0. The van der Waals surface area contributed by atoms with Crippen molar-refractivity contribution in [1.29, 1.82) is 0 Å². The van der Waals surface area contributed by atoms with Crippen LogP contribution in [0.25, 0.3) is 5.69 Å². The number of nitrogens with zero attached hydrogens (tertiary/aromatic N) is 3. The Bertz CT molecular complexity index is 1080. The Kier molecular flexibility index (Phi) is 4.02. The Morgan fingerprint density at radius 3 is 2.78 bits per heavy atom. The van der Waals surface area contributed by atoms with Gasteiger partial charge in [-0.1, -0.05) is 6.07 Å². The number of hydrogen-bond acceptors (Lipinski definition) is 7. The molecule has 0 unspecified atom stereocenters. The lowest BCUT2D eigenvalue weighted by Gasteiger charge is -2.19. The monoisotopic (exact) mass is 363 g/mol. The van der Waals surface area contributed by atoms with Gasteiger partial charge >= 0.3 is 0 Å². The normalized spacial score (nSPS) is 12.6. The molecule has 136 valence electrons. The molecule has 1 aliphatic rings. The summed E-state index contributed by atoms with van der Waals surface area (Å²) in [4.78, 5) is 15.0. The maximum Gasteiger partial charge on any atom is 0.241 e. The van der Waals surface area contributed by atoms with Gasteiger partial charge in [-0.3, -0.25) is 0 Å². The first-order valence-corrected chi connectivity index (χ1v) is 8.29. The van der Waals surface area contributed by atoms with Gasteiger partial charge in [-0.2, -0.15) is 9.67 Å². The summed E-state index contributed by atoms with van der Waals surface area (Å²) in [6.45, 7) is 4.13. The lowest BCUT2D eigenvalue weighted by atomic mass is 10.1. The second-order valence-electron chi connectivity index (χ2n) is 6.18. The number of aryl methyl sites for hydroxylation is 2. The third kappa shape index (κ3) is 3.21. The van der Waals surface area contributed by atoms with Crippen LogP contribution in [-0.4, -0.2) is 27.3 Å². The number of hydrogen-bond donors (Lipinski definition) is 2. The predicted octanol–water partition coefficient (Wildman–Crippen LogP) is 2.70. The summed E-state index contributed by atoms with van der Waals surface area (Å²) < 4.78 is 12.6. The largest absolute Gasteiger partial charge is 0.481 e. The SMILES string of the molecule is Cc1ccc(-n2nc(N)nc2Nc2ccc3c(c2)OCC(=C=O)O3)cc1C. The van der Waals surface area contributed by atoms with Crippen molar-refractivity contribution in [2.45, 2.75) is 13.8 Å². The van der Waals surface area contributed by atoms with Gasteiger partial charge in [-0.05, 0) is 49.2 Å². The van der Waals surface area contributed by atoms with Crippen molar-refractivity contribution in [2.75, 3.05) is 17.7 Å². The second-order valence-corrected chi connectivity index (χ2v) is 6.18. The number of carbonyl (C=O) groups excluding carboxylic acids is 1. The van der Waals surface area contributed by atoms with Crippen LogP contribution in [0.15, 0.2) is 42.2 Å². The minimum absolute atomic E-state index is 0.0473. The van der Waals surface area contributed by atoms with Gasteiger partial charge in [0.1, 0.15) is 0 Å². The van der Waals surface area contributed by atoms with Crippen LogP contribution in [0.1, 0.15) is 11.1 Å². The van der Waals surface area contributed by atoms with E-state index in [1.54, 1.807) is 28.8 Å². The molecule has 8 heteroatoms. The fourth-order valence-corrected chi connectivity index (χ4v) is 2.71. The standard InChI is InChI=1S/C19H17N5O3/c1-11-3-5-14(7-12(11)2)24-19(22-18(20)23-24)21-13-4-6-16-17(8-13)26-10-15(9-25)27-16/h3-8H,10H2,1-2H3,(H3,20,21,22,23). The minimum atomic E-state index is 0.0473. The van der Waals surface area contributed by atoms with E-state index in [1.807, 2.05) is 32.0 Å². The Hall–Kier alpha value is -3.77. The number of nitrogens with one attached hydrogen (secondary N) is 1. The molecule has 0 bridgehead atoms. The molecule has 0 atom stereocenters. The number of fused-ring (bicyclic) bond motifs is 1. The van der Waals surface area contributed by atoms with E-state index >= 15 is 0 Å². The molecule has 2 aromatic carbocycles. The highest BCUT2D eigenvalue weighted by molar-refractivity contribution is 5.63. The zero-order valence-corrected chi connectivity index (χ0v) is 14.8. The number of rotatable bonds is 3. The van der Waals surface area contributed by atoms with E-state index in [2.05, 4.69) is 15.4 Å². The molecule has 0 fully saturated rings. The van der Waals surface area contributed by atoms with Gasteiger partial charge in [-0.25, -0.2) is 4.79 Å². The summed E-state index contributed by atoms with van der Waals surface area (Å²) in [7, 11) is 0. The smallest absolute Gasteiger partial charge is 0.241 e. The van der Waals surface area contributed by atoms with Crippen molar-refractivity contribution < 1.29 is 14.3 Å². The first-order chi connectivity index (χ1) is 13.0. The molecule has 0 aliphatic carbocycles. The van der Waals surface area contributed by atoms with Gasteiger partial charge in [0.25, 0.3) is 0 Å². The van der Waals surface area contributed by atoms with Gasteiger partial charge < -0.3 is 20.5 Å². The summed E-state index contributed by atoms with van der Waals surface area (Å²) in [6, 6.07) is 11.2. The lowest BCUT2D eigenvalue weighted by Crippen LogP contribution is -2.14. The number of nitrogen functional groups attached to an aromatic ring is 1. The van der Waals surface area contributed by atoms with E-state index in [9.17, 15) is 4.79 Å². The fourth-order valence-electron chi connectivity index (χ4n) is 2.71. The fraction of sp³-hybridized carbons (Fsp3) is 0.158. The van der Waals surface area contributed by atoms with E-state index in [-0.39, 0.29) is 18.3 Å². The predicted molar refractivity (Wildman–Crippen MR) is 100 cm³/mol. The van der Waals surface area contributed by atoms with Crippen molar-refractivity contribution in [2.24, 2.45) is 0 Å². The Morgan fingerprint density at radius 1 is 1.15 bits per heavy atom. The molecule has 3 aromatic rings. The molecule has 27 heavy (non-hydrogen) atoms. The molecule has 0 saturated carbocycles. The second kappa shape index (κ2) is 6.51. The highest BCUT2D eigenvalue weighted by Gasteiger charge is 2.18. The van der Waals surface area contributed by atoms with Crippen LogP contribution in [0.2, 0.25) is 0 Å². The van der Waals surface area contributed by atoms with E-state index in [1.165, 1.54) is 5.56 Å². The number of anilines is 3. The van der Waals surface area contributed by atoms with E-state index in [0.717, 1.165) is 11.3 Å². The maximum absolute atomic E-state index is 10.7. The highest BCUT2D eigenvalue weighted by atomic mass is 16.6. The number of benzene rings is 2. The molecular formula is C19H17N5O3. The molecule has 2 heterocycles. The van der Waals surface area contributed by atoms with Crippen molar-refractivity contribution in [3.8, 4) is 17.2 Å². The number of nitrogens with two attached hydrogens (primary N) is 1. The molecular weight excluding hydrogens is 346 g/mol. The summed E-state index contributed by atoms with van der Waals surface area (Å²) in [5, 5.41) is 7.47. The lowest BCUT2D eigenvalue weighted by molar-refractivity contribution is 0.235. The van der Waals surface area contributed by atoms with Crippen LogP contribution in [-0.2, 0) is 4.79 Å². The van der Waals surface area contributed by atoms with Crippen molar-refractivity contribution in [3.05, 3.63) is 53.3 Å². The van der Waals surface area contributed by atoms with Crippen LogP contribution in [0.5, 0.6) is 11.5 Å². The Labute approximate surface area is 155 Å². The Morgan fingerprint density at radius 2 is 2.00 bits per heavy atom. The third-order valence-corrected chi connectivity index (χ3v) is 4.26. The van der Waals surface area contributed by atoms with Gasteiger partial charge in [0.15, 0.2) is 24.0 Å². The summed E-state index contributed by atoms with van der Waals surface area (Å²) in [5.41, 5.74) is 9.71. The molecule has 0 saturated heterocycles. The van der Waals surface area contributed by atoms with Gasteiger partial charge in [0.05, 0.1) is 5.69 Å². The minimum Gasteiger partial charge on any atom is -0.481 e. The van der Waals surface area contributed by atoms with E-state index < -0.39 is 0 Å². The molecule has 8 nitrogen and oxygen atoms in total. The summed E-state index contributed by atoms with van der Waals surface area (Å²) in [6.07, 6.45) is 0. The van der Waals surface area contributed by atoms with Crippen molar-refractivity contribution in [1.82, 2.24) is 14.8 Å². The Balaban J connectivity index is 1.66. The molecule has 0 spiro atoms. The van der Waals surface area contributed by atoms with Crippen LogP contribution in [0.3, 0.4) is 0 Å². The highest BCUT2D eigenvalue weighted by Crippen LogP contribution is 2.35. The number of aromatic nitrogens is 3. The molecule has 1 aliphatic heterocycles. The summed E-state index contributed by atoms with van der Waals surface area (Å²) >= 11 is 0. The number of ether oxygens (including phenoxy) is 2. The van der Waals surface area contributed by atoms with Crippen molar-refractivity contribution in [3.63, 3.8) is 0 Å². The summed E-state index contributed by atoms with van der Waals surface area (Å²) in [5.74, 6) is 3.43. The van der Waals surface area contributed by atoms with Crippen LogP contribution in [0.4, 0.5) is 17.6 Å². The van der Waals surface area contributed by atoms with Gasteiger partial charge in [0.2, 0.25) is 17.7 Å². The molecule has 0 radical (unpaired) electrons. The van der Waals surface area contributed by atoms with Gasteiger partial charge in [-0.15, -0.1) is 5.10 Å². The topological polar surface area (TPSA) is 104 Å². The molecule has 0 amide bonds. The molecule has 4 rings (SSSR count). The van der Waals surface area contributed by atoms with Crippen LogP contribution in [0, 0.1) is 13.8 Å². The zero-order valence-electron chi connectivity index (χ0n) is 14.8. The maximum atomic E-state index is 10.7. The van der Waals surface area contributed by atoms with Crippen molar-refractivity contribution >= 4 is 23.5 Å². The molecule has 3 N–H and O–H groups in total. The average Bonchev–Trinajstić information content (AvgIpc) is 3.03. The third-order valence-electron chi connectivity index (χ3n) is 4.26. The first-order valence-electron chi connectivity index (χ1n) is 8.29. The van der Waals surface area contributed by atoms with E-state index in [4.69, 9.17) is 15.2 Å². The van der Waals surface area contributed by atoms with Crippen LogP contribution >= 0.6 is 0 Å². The van der Waals surface area contributed by atoms with Crippen LogP contribution < -0.4 is 20.5 Å². The quantitative estimate of drug-likeness (QED) is 0.689. The van der Waals surface area contributed by atoms with Gasteiger partial charge in [0, 0.05) is 11.8 Å².